The molecule has 0 unspecified atom stereocenters. The van der Waals surface area contributed by atoms with Gasteiger partial charge in [0.25, 0.3) is 0 Å². The Hall–Kier alpha value is -1.29. The van der Waals surface area contributed by atoms with E-state index in [1.807, 2.05) is 13.0 Å². The molecule has 1 aromatic rings. The Bertz CT molecular complexity index is 280. The van der Waals surface area contributed by atoms with E-state index in [0.29, 0.717) is 6.54 Å². The highest BCUT2D eigenvalue weighted by Gasteiger charge is 2.03. The van der Waals surface area contributed by atoms with Gasteiger partial charge in [0.2, 0.25) is 0 Å². The van der Waals surface area contributed by atoms with Crippen LogP contribution in [0.3, 0.4) is 0 Å². The fourth-order valence-electron chi connectivity index (χ4n) is 0.935. The topological polar surface area (TPSA) is 51.5 Å². The zero-order chi connectivity index (χ0) is 9.68. The van der Waals surface area contributed by atoms with Crippen molar-refractivity contribution in [1.82, 2.24) is 5.32 Å². The molecular formula is C9H13NO3. The largest absolute Gasteiger partial charge is 0.468 e. The fourth-order valence-corrected chi connectivity index (χ4v) is 0.935. The van der Waals surface area contributed by atoms with E-state index in [-0.39, 0.29) is 12.5 Å². The highest BCUT2D eigenvalue weighted by Crippen LogP contribution is 2.07. The lowest BCUT2D eigenvalue weighted by Gasteiger charge is -2.01. The van der Waals surface area contributed by atoms with E-state index in [1.165, 1.54) is 7.11 Å². The number of ether oxygens (including phenoxy) is 1. The average Bonchev–Trinajstić information content (AvgIpc) is 2.52. The molecule has 13 heavy (non-hydrogen) atoms. The molecular weight excluding hydrogens is 170 g/mol. The molecule has 1 rings (SSSR count). The van der Waals surface area contributed by atoms with Crippen molar-refractivity contribution in [3.63, 3.8) is 0 Å². The van der Waals surface area contributed by atoms with E-state index < -0.39 is 0 Å². The number of rotatable bonds is 4. The van der Waals surface area contributed by atoms with Gasteiger partial charge in [-0.05, 0) is 18.6 Å². The smallest absolute Gasteiger partial charge is 0.319 e. The number of carbonyl (C=O) groups excluding carboxylic acids is 1. The van der Waals surface area contributed by atoms with Gasteiger partial charge in [0.15, 0.2) is 0 Å². The molecule has 0 aliphatic carbocycles. The molecule has 0 fully saturated rings. The molecule has 0 spiro atoms. The van der Waals surface area contributed by atoms with Crippen LogP contribution in [0.15, 0.2) is 16.7 Å². The summed E-state index contributed by atoms with van der Waals surface area (Å²) < 4.78 is 9.63. The first-order valence-electron chi connectivity index (χ1n) is 4.04. The number of furan rings is 1. The molecule has 1 aromatic heterocycles. The van der Waals surface area contributed by atoms with Crippen molar-refractivity contribution in [2.45, 2.75) is 13.5 Å². The number of esters is 1. The van der Waals surface area contributed by atoms with E-state index in [0.717, 1.165) is 11.3 Å². The summed E-state index contributed by atoms with van der Waals surface area (Å²) in [5.41, 5.74) is 1.08. The minimum atomic E-state index is -0.274. The zero-order valence-electron chi connectivity index (χ0n) is 7.79. The van der Waals surface area contributed by atoms with Gasteiger partial charge in [-0.1, -0.05) is 0 Å². The highest BCUT2D eigenvalue weighted by atomic mass is 16.5. The summed E-state index contributed by atoms with van der Waals surface area (Å²) in [5, 5.41) is 2.91. The van der Waals surface area contributed by atoms with Crippen molar-refractivity contribution in [1.29, 1.82) is 0 Å². The van der Waals surface area contributed by atoms with Gasteiger partial charge in [0.1, 0.15) is 5.76 Å². The molecule has 0 saturated carbocycles. The third kappa shape index (κ3) is 2.91. The molecule has 1 heterocycles. The maximum absolute atomic E-state index is 10.7. The molecule has 72 valence electrons. The normalized spacial score (nSPS) is 10.0. The second kappa shape index (κ2) is 4.67. The number of aryl methyl sites for hydroxylation is 1. The SMILES string of the molecule is COC(=O)CNCc1occc1C. The molecule has 4 nitrogen and oxygen atoms in total. The monoisotopic (exact) mass is 183 g/mol. The molecule has 0 bridgehead atoms. The summed E-state index contributed by atoms with van der Waals surface area (Å²) >= 11 is 0. The van der Waals surface area contributed by atoms with Crippen LogP contribution in [-0.2, 0) is 16.1 Å². The molecule has 4 heteroatoms. The minimum Gasteiger partial charge on any atom is -0.468 e. The highest BCUT2D eigenvalue weighted by molar-refractivity contribution is 5.71. The Morgan fingerprint density at radius 3 is 3.00 bits per heavy atom. The first kappa shape index (κ1) is 9.80. The molecule has 0 aliphatic rings. The van der Waals surface area contributed by atoms with Gasteiger partial charge in [0, 0.05) is 0 Å². The van der Waals surface area contributed by atoms with Crippen LogP contribution in [0.4, 0.5) is 0 Å². The van der Waals surface area contributed by atoms with Gasteiger partial charge < -0.3 is 9.15 Å². The van der Waals surface area contributed by atoms with Crippen LogP contribution in [-0.4, -0.2) is 19.6 Å². The van der Waals surface area contributed by atoms with E-state index in [2.05, 4.69) is 10.1 Å². The van der Waals surface area contributed by atoms with Gasteiger partial charge in [-0.25, -0.2) is 0 Å². The van der Waals surface area contributed by atoms with Crippen molar-refractivity contribution < 1.29 is 13.9 Å². The van der Waals surface area contributed by atoms with E-state index in [9.17, 15) is 4.79 Å². The van der Waals surface area contributed by atoms with Crippen molar-refractivity contribution in [2.75, 3.05) is 13.7 Å². The van der Waals surface area contributed by atoms with Gasteiger partial charge in [-0.15, -0.1) is 0 Å². The standard InChI is InChI=1S/C9H13NO3/c1-7-3-4-13-8(7)5-10-6-9(11)12-2/h3-4,10H,5-6H2,1-2H3. The number of nitrogens with one attached hydrogen (secondary N) is 1. The molecule has 0 saturated heterocycles. The zero-order valence-corrected chi connectivity index (χ0v) is 7.79. The quantitative estimate of drug-likeness (QED) is 0.703. The molecule has 0 aliphatic heterocycles. The minimum absolute atomic E-state index is 0.205. The number of hydrogen-bond donors (Lipinski definition) is 1. The number of hydrogen-bond acceptors (Lipinski definition) is 4. The van der Waals surface area contributed by atoms with Crippen LogP contribution in [0.1, 0.15) is 11.3 Å². The summed E-state index contributed by atoms with van der Waals surface area (Å²) in [6.45, 7) is 2.71. The Balaban J connectivity index is 2.28. The van der Waals surface area contributed by atoms with Crippen LogP contribution < -0.4 is 5.32 Å². The summed E-state index contributed by atoms with van der Waals surface area (Å²) in [5.74, 6) is 0.577. The molecule has 0 radical (unpaired) electrons. The Kier molecular flexibility index (Phi) is 3.52. The van der Waals surface area contributed by atoms with Crippen LogP contribution in [0.25, 0.3) is 0 Å². The van der Waals surface area contributed by atoms with Crippen molar-refractivity contribution >= 4 is 5.97 Å². The van der Waals surface area contributed by atoms with Crippen LogP contribution in [0.2, 0.25) is 0 Å². The Morgan fingerprint density at radius 2 is 2.46 bits per heavy atom. The molecule has 1 N–H and O–H groups in total. The van der Waals surface area contributed by atoms with Gasteiger partial charge in [0.05, 0.1) is 26.5 Å². The maximum atomic E-state index is 10.7. The van der Waals surface area contributed by atoms with E-state index >= 15 is 0 Å². The third-order valence-corrected chi connectivity index (χ3v) is 1.75. The molecule has 0 aromatic carbocycles. The number of methoxy groups -OCH3 is 1. The third-order valence-electron chi connectivity index (χ3n) is 1.75. The number of carbonyl (C=O) groups is 1. The lowest BCUT2D eigenvalue weighted by Crippen LogP contribution is -2.23. The summed E-state index contributed by atoms with van der Waals surface area (Å²) in [6.07, 6.45) is 1.63. The summed E-state index contributed by atoms with van der Waals surface area (Å²) in [6, 6.07) is 1.88. The van der Waals surface area contributed by atoms with Crippen LogP contribution >= 0.6 is 0 Å². The second-order valence-electron chi connectivity index (χ2n) is 2.71. The maximum Gasteiger partial charge on any atom is 0.319 e. The molecule has 0 atom stereocenters. The average molecular weight is 183 g/mol. The van der Waals surface area contributed by atoms with Crippen LogP contribution in [0.5, 0.6) is 0 Å². The second-order valence-corrected chi connectivity index (χ2v) is 2.71. The van der Waals surface area contributed by atoms with Gasteiger partial charge in [-0.3, -0.25) is 10.1 Å². The van der Waals surface area contributed by atoms with Crippen LogP contribution in [0, 0.1) is 6.92 Å². The van der Waals surface area contributed by atoms with Crippen molar-refractivity contribution in [2.24, 2.45) is 0 Å². The lowest BCUT2D eigenvalue weighted by molar-refractivity contribution is -0.139. The Labute approximate surface area is 76.9 Å². The van der Waals surface area contributed by atoms with Gasteiger partial charge in [-0.2, -0.15) is 0 Å². The Morgan fingerprint density at radius 1 is 1.69 bits per heavy atom. The van der Waals surface area contributed by atoms with Gasteiger partial charge >= 0.3 is 5.97 Å². The predicted octanol–water partition coefficient (Wildman–Crippen LogP) is 0.851. The molecule has 0 amide bonds. The van der Waals surface area contributed by atoms with E-state index in [1.54, 1.807) is 6.26 Å². The first-order chi connectivity index (χ1) is 6.24. The predicted molar refractivity (Wildman–Crippen MR) is 47.2 cm³/mol. The summed E-state index contributed by atoms with van der Waals surface area (Å²) in [7, 11) is 1.36. The van der Waals surface area contributed by atoms with E-state index in [4.69, 9.17) is 4.42 Å². The lowest BCUT2D eigenvalue weighted by atomic mass is 10.3. The fraction of sp³-hybridized carbons (Fsp3) is 0.444. The summed E-state index contributed by atoms with van der Waals surface area (Å²) in [4.78, 5) is 10.7. The first-order valence-corrected chi connectivity index (χ1v) is 4.04. The van der Waals surface area contributed by atoms with Crippen molar-refractivity contribution in [3.8, 4) is 0 Å². The van der Waals surface area contributed by atoms with Crippen molar-refractivity contribution in [3.05, 3.63) is 23.7 Å².